The van der Waals surface area contributed by atoms with Crippen LogP contribution >= 0.6 is 17.1 Å². The summed E-state index contributed by atoms with van der Waals surface area (Å²) in [5, 5.41) is 0. The highest BCUT2D eigenvalue weighted by atomic mass is 32.9. The van der Waals surface area contributed by atoms with Crippen molar-refractivity contribution in [3.8, 4) is 0 Å². The van der Waals surface area contributed by atoms with Crippen LogP contribution in [0.4, 0.5) is 0 Å². The zero-order valence-corrected chi connectivity index (χ0v) is 6.93. The van der Waals surface area contributed by atoms with Gasteiger partial charge >= 0.3 is 0 Å². The van der Waals surface area contributed by atoms with Gasteiger partial charge < -0.3 is 9.42 Å². The van der Waals surface area contributed by atoms with Crippen LogP contribution in [-0.2, 0) is 16.3 Å². The summed E-state index contributed by atoms with van der Waals surface area (Å²) in [6.45, 7) is 1.91. The molecule has 8 heavy (non-hydrogen) atoms. The summed E-state index contributed by atoms with van der Waals surface area (Å²) < 4.78 is 4.99. The summed E-state index contributed by atoms with van der Waals surface area (Å²) in [5.74, 6) is 0.841. The molecular formula is C3H7O2PS2. The molecule has 2 atom stereocenters. The van der Waals surface area contributed by atoms with Gasteiger partial charge in [0.15, 0.2) is 0 Å². The first-order chi connectivity index (χ1) is 3.60. The quantitative estimate of drug-likeness (QED) is 0.556. The maximum atomic E-state index is 9.03. The van der Waals surface area contributed by atoms with Gasteiger partial charge in [-0.2, -0.15) is 0 Å². The summed E-state index contributed by atoms with van der Waals surface area (Å²) >= 11 is 6.06. The van der Waals surface area contributed by atoms with Gasteiger partial charge in [0, 0.05) is 5.75 Å². The van der Waals surface area contributed by atoms with Crippen LogP contribution in [-0.4, -0.2) is 16.8 Å². The Hall–Kier alpha value is 0.920. The van der Waals surface area contributed by atoms with Gasteiger partial charge in [-0.25, -0.2) is 0 Å². The van der Waals surface area contributed by atoms with E-state index in [0.29, 0.717) is 0 Å². The maximum absolute atomic E-state index is 9.03. The van der Waals surface area contributed by atoms with Gasteiger partial charge in [0.25, 0.3) is 0 Å². The molecule has 1 fully saturated rings. The van der Waals surface area contributed by atoms with Crippen LogP contribution in [0.2, 0.25) is 0 Å². The second kappa shape index (κ2) is 2.27. The molecule has 1 heterocycles. The smallest absolute Gasteiger partial charge is 0.245 e. The van der Waals surface area contributed by atoms with Gasteiger partial charge in [-0.15, -0.1) is 0 Å². The highest BCUT2D eigenvalue weighted by Crippen LogP contribution is 2.61. The number of hydrogen-bond donors (Lipinski definition) is 1. The van der Waals surface area contributed by atoms with Crippen LogP contribution in [0.3, 0.4) is 0 Å². The van der Waals surface area contributed by atoms with Crippen molar-refractivity contribution < 1.29 is 9.42 Å². The van der Waals surface area contributed by atoms with Crippen molar-refractivity contribution in [2.45, 2.75) is 13.0 Å². The molecular weight excluding hydrogens is 163 g/mol. The van der Waals surface area contributed by atoms with E-state index in [2.05, 4.69) is 0 Å². The third-order valence-corrected chi connectivity index (χ3v) is 5.25. The fraction of sp³-hybridized carbons (Fsp3) is 1.00. The molecule has 0 spiro atoms. The number of rotatable bonds is 0. The Morgan fingerprint density at radius 1 is 2.00 bits per heavy atom. The average Bonchev–Trinajstić information content (AvgIpc) is 1.82. The summed E-state index contributed by atoms with van der Waals surface area (Å²) in [6, 6.07) is 0. The second-order valence-electron chi connectivity index (χ2n) is 1.68. The minimum Gasteiger partial charge on any atom is -0.337 e. The lowest BCUT2D eigenvalue weighted by Gasteiger charge is -2.03. The van der Waals surface area contributed by atoms with Crippen molar-refractivity contribution in [3.05, 3.63) is 0 Å². The van der Waals surface area contributed by atoms with Gasteiger partial charge in [0.1, 0.15) is 0 Å². The minimum absolute atomic E-state index is 0.149. The molecule has 1 saturated heterocycles. The first-order valence-electron chi connectivity index (χ1n) is 2.26. The SMILES string of the molecule is CC1CSP(O)(=S)O1. The molecule has 1 aliphatic heterocycles. The second-order valence-corrected chi connectivity index (χ2v) is 7.86. The van der Waals surface area contributed by atoms with Gasteiger partial charge in [-0.1, -0.05) is 11.4 Å². The Morgan fingerprint density at radius 3 is 2.75 bits per heavy atom. The fourth-order valence-electron chi connectivity index (χ4n) is 0.487. The van der Waals surface area contributed by atoms with E-state index in [4.69, 9.17) is 21.2 Å². The molecule has 0 bridgehead atoms. The molecule has 1 aliphatic rings. The maximum Gasteiger partial charge on any atom is 0.245 e. The molecule has 1 N–H and O–H groups in total. The van der Waals surface area contributed by atoms with Crippen LogP contribution < -0.4 is 0 Å². The topological polar surface area (TPSA) is 29.5 Å². The summed E-state index contributed by atoms with van der Waals surface area (Å²) in [5.41, 5.74) is -2.35. The Kier molecular flexibility index (Phi) is 2.00. The van der Waals surface area contributed by atoms with Crippen LogP contribution in [0.5, 0.6) is 0 Å². The van der Waals surface area contributed by atoms with Crippen molar-refractivity contribution in [1.82, 2.24) is 0 Å². The van der Waals surface area contributed by atoms with Gasteiger partial charge in [0.2, 0.25) is 5.69 Å². The Labute approximate surface area is 57.5 Å². The zero-order valence-electron chi connectivity index (χ0n) is 4.40. The Morgan fingerprint density at radius 2 is 2.62 bits per heavy atom. The molecule has 0 saturated carbocycles. The average molecular weight is 170 g/mol. The summed E-state index contributed by atoms with van der Waals surface area (Å²) in [7, 11) is 0. The van der Waals surface area contributed by atoms with Crippen molar-refractivity contribution in [2.24, 2.45) is 0 Å². The highest BCUT2D eigenvalue weighted by Gasteiger charge is 2.26. The lowest BCUT2D eigenvalue weighted by atomic mass is 10.5. The zero-order chi connectivity index (χ0) is 6.20. The molecule has 0 aromatic carbocycles. The fourth-order valence-corrected chi connectivity index (χ4v) is 4.45. The summed E-state index contributed by atoms with van der Waals surface area (Å²) in [6.07, 6.45) is 0.149. The molecule has 1 rings (SSSR count). The van der Waals surface area contributed by atoms with Gasteiger partial charge in [-0.05, 0) is 18.7 Å². The third-order valence-electron chi connectivity index (χ3n) is 0.786. The van der Waals surface area contributed by atoms with Gasteiger partial charge in [-0.3, -0.25) is 0 Å². The van der Waals surface area contributed by atoms with Crippen molar-refractivity contribution in [3.63, 3.8) is 0 Å². The molecule has 5 heteroatoms. The molecule has 0 aliphatic carbocycles. The first-order valence-corrected chi connectivity index (χ1v) is 6.52. The standard InChI is InChI=1S/C3H7O2PS2/c1-3-2-8-6(4,7)5-3/h3H,2H2,1H3,(H,4,7). The lowest BCUT2D eigenvalue weighted by Crippen LogP contribution is -1.98. The molecule has 0 aromatic heterocycles. The van der Waals surface area contributed by atoms with Crippen molar-refractivity contribution in [2.75, 3.05) is 5.75 Å². The lowest BCUT2D eigenvalue weighted by molar-refractivity contribution is 0.262. The van der Waals surface area contributed by atoms with E-state index in [1.807, 2.05) is 6.92 Å². The third kappa shape index (κ3) is 1.71. The van der Waals surface area contributed by atoms with Crippen LogP contribution in [0.15, 0.2) is 0 Å². The van der Waals surface area contributed by atoms with E-state index in [1.54, 1.807) is 0 Å². The largest absolute Gasteiger partial charge is 0.337 e. The molecule has 48 valence electrons. The Bertz CT molecular complexity index is 137. The van der Waals surface area contributed by atoms with E-state index < -0.39 is 5.69 Å². The van der Waals surface area contributed by atoms with E-state index in [1.165, 1.54) is 11.4 Å². The van der Waals surface area contributed by atoms with Crippen molar-refractivity contribution >= 4 is 28.9 Å². The van der Waals surface area contributed by atoms with E-state index in [-0.39, 0.29) is 6.10 Å². The van der Waals surface area contributed by atoms with Crippen LogP contribution in [0.1, 0.15) is 6.92 Å². The normalized spacial score (nSPS) is 47.5. The molecule has 2 nitrogen and oxygen atoms in total. The van der Waals surface area contributed by atoms with E-state index in [9.17, 15) is 0 Å². The Balaban J connectivity index is 2.57. The number of hydrogen-bond acceptors (Lipinski definition) is 3. The van der Waals surface area contributed by atoms with Crippen LogP contribution in [0.25, 0.3) is 0 Å². The molecule has 2 unspecified atom stereocenters. The first kappa shape index (κ1) is 7.03. The molecule has 0 amide bonds. The molecule has 0 aromatic rings. The van der Waals surface area contributed by atoms with Crippen LogP contribution in [0, 0.1) is 0 Å². The van der Waals surface area contributed by atoms with Gasteiger partial charge in [0.05, 0.1) is 6.10 Å². The predicted molar refractivity (Wildman–Crippen MR) is 39.5 cm³/mol. The highest BCUT2D eigenvalue weighted by molar-refractivity contribution is 8.68. The minimum atomic E-state index is -2.35. The molecule has 0 radical (unpaired) electrons. The predicted octanol–water partition coefficient (Wildman–Crippen LogP) is 1.36. The van der Waals surface area contributed by atoms with E-state index in [0.717, 1.165) is 5.75 Å². The van der Waals surface area contributed by atoms with E-state index >= 15 is 0 Å². The van der Waals surface area contributed by atoms with Crippen molar-refractivity contribution in [1.29, 1.82) is 0 Å². The monoisotopic (exact) mass is 170 g/mol. The summed E-state index contributed by atoms with van der Waals surface area (Å²) in [4.78, 5) is 9.03.